The fourth-order valence-electron chi connectivity index (χ4n) is 5.23. The third kappa shape index (κ3) is 3.46. The van der Waals surface area contributed by atoms with Gasteiger partial charge in [-0.15, -0.1) is 11.8 Å². The minimum absolute atomic E-state index is 0.139. The van der Waals surface area contributed by atoms with Gasteiger partial charge in [-0.3, -0.25) is 4.79 Å². The number of carbonyl (C=O) groups excluding carboxylic acids is 1. The molecule has 7 nitrogen and oxygen atoms in total. The number of carbonyl (C=O) groups is 1. The number of thioether (sulfide) groups is 1. The molecule has 8 heteroatoms. The molecule has 4 atom stereocenters. The number of amides is 1. The second-order valence-corrected chi connectivity index (χ2v) is 10.2. The van der Waals surface area contributed by atoms with Crippen LogP contribution in [0.25, 0.3) is 0 Å². The normalized spacial score (nSPS) is 28.5. The molecule has 4 heterocycles. The van der Waals surface area contributed by atoms with Gasteiger partial charge in [-0.05, 0) is 30.2 Å². The lowest BCUT2D eigenvalue weighted by atomic mass is 9.86. The van der Waals surface area contributed by atoms with Crippen molar-refractivity contribution in [2.24, 2.45) is 11.7 Å². The van der Waals surface area contributed by atoms with Gasteiger partial charge in [0, 0.05) is 55.6 Å². The molecule has 0 spiro atoms. The van der Waals surface area contributed by atoms with Crippen molar-refractivity contribution in [3.8, 4) is 11.5 Å². The van der Waals surface area contributed by atoms with Crippen LogP contribution in [-0.2, 0) is 11.2 Å². The van der Waals surface area contributed by atoms with Gasteiger partial charge in [0.1, 0.15) is 18.5 Å². The van der Waals surface area contributed by atoms with Crippen LogP contribution in [0.2, 0.25) is 0 Å². The van der Waals surface area contributed by atoms with E-state index in [0.717, 1.165) is 49.8 Å². The number of nitrogens with one attached hydrogen (secondary N) is 1. The minimum Gasteiger partial charge on any atom is -0.486 e. The van der Waals surface area contributed by atoms with Crippen LogP contribution in [0.1, 0.15) is 5.56 Å². The SMILES string of the molecule is NC1C(C(=O)N2CCN(c3ccccc3)CC2)SC2Nc3cc4c(cc3CC21)OCCO4. The van der Waals surface area contributed by atoms with Crippen molar-refractivity contribution < 1.29 is 14.3 Å². The molecule has 0 aliphatic carbocycles. The molecule has 2 aromatic carbocycles. The van der Waals surface area contributed by atoms with Crippen molar-refractivity contribution in [2.45, 2.75) is 23.1 Å². The van der Waals surface area contributed by atoms with Gasteiger partial charge in [0.05, 0.1) is 5.37 Å². The largest absolute Gasteiger partial charge is 0.486 e. The lowest BCUT2D eigenvalue weighted by Crippen LogP contribution is -2.54. The highest BCUT2D eigenvalue weighted by Crippen LogP contribution is 2.47. The van der Waals surface area contributed by atoms with E-state index in [1.807, 2.05) is 17.0 Å². The predicted molar refractivity (Wildman–Crippen MR) is 127 cm³/mol. The second-order valence-electron chi connectivity index (χ2n) is 8.87. The third-order valence-electron chi connectivity index (χ3n) is 7.00. The summed E-state index contributed by atoms with van der Waals surface area (Å²) in [7, 11) is 0. The van der Waals surface area contributed by atoms with Crippen LogP contribution in [0.4, 0.5) is 11.4 Å². The first-order valence-corrected chi connectivity index (χ1v) is 12.3. The summed E-state index contributed by atoms with van der Waals surface area (Å²) in [5, 5.41) is 3.55. The Balaban J connectivity index is 1.13. The average molecular weight is 453 g/mol. The molecule has 4 unspecified atom stereocenters. The molecule has 3 N–H and O–H groups in total. The number of rotatable bonds is 2. The lowest BCUT2D eigenvalue weighted by molar-refractivity contribution is -0.131. The first-order valence-electron chi connectivity index (χ1n) is 11.4. The number of ether oxygens (including phenoxy) is 2. The van der Waals surface area contributed by atoms with Crippen LogP contribution < -0.4 is 25.4 Å². The Morgan fingerprint density at radius 2 is 1.75 bits per heavy atom. The highest BCUT2D eigenvalue weighted by Gasteiger charge is 2.48. The Hall–Kier alpha value is -2.58. The van der Waals surface area contributed by atoms with Gasteiger partial charge in [0.15, 0.2) is 11.5 Å². The van der Waals surface area contributed by atoms with Gasteiger partial charge in [-0.1, -0.05) is 18.2 Å². The van der Waals surface area contributed by atoms with Crippen LogP contribution in [0.5, 0.6) is 11.5 Å². The number of fused-ring (bicyclic) bond motifs is 3. The van der Waals surface area contributed by atoms with Crippen molar-refractivity contribution in [3.05, 3.63) is 48.0 Å². The van der Waals surface area contributed by atoms with Crippen molar-refractivity contribution in [1.29, 1.82) is 0 Å². The number of anilines is 2. The summed E-state index contributed by atoms with van der Waals surface area (Å²) in [4.78, 5) is 17.8. The minimum atomic E-state index is -0.211. The van der Waals surface area contributed by atoms with Gasteiger partial charge >= 0.3 is 0 Å². The number of nitrogens with two attached hydrogens (primary N) is 1. The van der Waals surface area contributed by atoms with Crippen LogP contribution in [-0.4, -0.2) is 66.9 Å². The Bertz CT molecular complexity index is 1010. The number of hydrogen-bond donors (Lipinski definition) is 2. The van der Waals surface area contributed by atoms with E-state index in [1.165, 1.54) is 11.3 Å². The van der Waals surface area contributed by atoms with E-state index in [0.29, 0.717) is 13.2 Å². The van der Waals surface area contributed by atoms with Gasteiger partial charge in [0.2, 0.25) is 5.91 Å². The van der Waals surface area contributed by atoms with Crippen LogP contribution >= 0.6 is 11.8 Å². The van der Waals surface area contributed by atoms with E-state index >= 15 is 0 Å². The van der Waals surface area contributed by atoms with E-state index in [1.54, 1.807) is 11.8 Å². The highest BCUT2D eigenvalue weighted by molar-refractivity contribution is 8.01. The molecule has 168 valence electrons. The molecule has 2 fully saturated rings. The first-order chi connectivity index (χ1) is 15.7. The Morgan fingerprint density at radius 3 is 2.50 bits per heavy atom. The van der Waals surface area contributed by atoms with Gasteiger partial charge in [0.25, 0.3) is 0 Å². The van der Waals surface area contributed by atoms with Crippen molar-refractivity contribution in [1.82, 2.24) is 4.90 Å². The topological polar surface area (TPSA) is 80.1 Å². The monoisotopic (exact) mass is 452 g/mol. The standard InChI is InChI=1S/C24H28N4O3S/c25-21-17-12-15-13-19-20(31-11-10-30-19)14-18(15)26-23(17)32-22(21)24(29)28-8-6-27(7-9-28)16-4-2-1-3-5-16/h1-5,13-14,17,21-23,26H,6-12,25H2. The number of benzene rings is 2. The number of nitrogens with zero attached hydrogens (tertiary/aromatic N) is 2. The molecule has 0 saturated carbocycles. The van der Waals surface area contributed by atoms with E-state index in [-0.39, 0.29) is 28.5 Å². The Labute approximate surface area is 192 Å². The molecule has 0 bridgehead atoms. The number of hydrogen-bond acceptors (Lipinski definition) is 7. The molecule has 4 aliphatic rings. The molecule has 32 heavy (non-hydrogen) atoms. The van der Waals surface area contributed by atoms with E-state index < -0.39 is 0 Å². The lowest BCUT2D eigenvalue weighted by Gasteiger charge is -2.37. The van der Waals surface area contributed by atoms with Crippen LogP contribution in [0.15, 0.2) is 42.5 Å². The maximum Gasteiger partial charge on any atom is 0.237 e. The summed E-state index contributed by atoms with van der Waals surface area (Å²) in [5.41, 5.74) is 10.2. The van der Waals surface area contributed by atoms with Crippen molar-refractivity contribution in [3.63, 3.8) is 0 Å². The van der Waals surface area contributed by atoms with Gasteiger partial charge in [-0.25, -0.2) is 0 Å². The molecule has 6 rings (SSSR count). The fourth-order valence-corrected chi connectivity index (χ4v) is 6.87. The third-order valence-corrected chi connectivity index (χ3v) is 8.57. The summed E-state index contributed by atoms with van der Waals surface area (Å²) >= 11 is 1.69. The number of para-hydroxylation sites is 1. The zero-order chi connectivity index (χ0) is 21.7. The second kappa shape index (κ2) is 8.08. The average Bonchev–Trinajstić information content (AvgIpc) is 3.16. The Kier molecular flexibility index (Phi) is 5.07. The summed E-state index contributed by atoms with van der Waals surface area (Å²) in [6, 6.07) is 14.3. The molecule has 0 radical (unpaired) electrons. The maximum atomic E-state index is 13.4. The molecule has 1 amide bonds. The smallest absolute Gasteiger partial charge is 0.237 e. The molecule has 0 aromatic heterocycles. The highest BCUT2D eigenvalue weighted by atomic mass is 32.2. The van der Waals surface area contributed by atoms with E-state index in [4.69, 9.17) is 15.2 Å². The number of piperazine rings is 1. The Morgan fingerprint density at radius 1 is 1.03 bits per heavy atom. The molecular formula is C24H28N4O3S. The van der Waals surface area contributed by atoms with E-state index in [9.17, 15) is 4.79 Å². The maximum absolute atomic E-state index is 13.4. The summed E-state index contributed by atoms with van der Waals surface area (Å²) < 4.78 is 11.5. The zero-order valence-corrected chi connectivity index (χ0v) is 18.7. The molecule has 2 aromatic rings. The van der Waals surface area contributed by atoms with Crippen LogP contribution in [0.3, 0.4) is 0 Å². The molecule has 2 saturated heterocycles. The van der Waals surface area contributed by atoms with Crippen LogP contribution in [0, 0.1) is 5.92 Å². The summed E-state index contributed by atoms with van der Waals surface area (Å²) in [6.45, 7) is 4.33. The molecule has 4 aliphatic heterocycles. The zero-order valence-electron chi connectivity index (χ0n) is 17.9. The summed E-state index contributed by atoms with van der Waals surface area (Å²) in [5.74, 6) is 1.99. The summed E-state index contributed by atoms with van der Waals surface area (Å²) in [6.07, 6.45) is 0.851. The first kappa shape index (κ1) is 20.1. The van der Waals surface area contributed by atoms with Crippen molar-refractivity contribution >= 4 is 29.0 Å². The predicted octanol–water partition coefficient (Wildman–Crippen LogP) is 2.16. The molecular weight excluding hydrogens is 424 g/mol. The fraction of sp³-hybridized carbons (Fsp3) is 0.458. The van der Waals surface area contributed by atoms with E-state index in [2.05, 4.69) is 40.5 Å². The van der Waals surface area contributed by atoms with Gasteiger partial charge < -0.3 is 30.3 Å². The van der Waals surface area contributed by atoms with Crippen molar-refractivity contribution in [2.75, 3.05) is 49.6 Å². The van der Waals surface area contributed by atoms with Gasteiger partial charge in [-0.2, -0.15) is 0 Å². The quantitative estimate of drug-likeness (QED) is 0.723.